The van der Waals surface area contributed by atoms with Crippen LogP contribution >= 0.6 is 43.5 Å². The first-order chi connectivity index (χ1) is 16.3. The standard InChI is InChI=1S/C24H20Br2ClN3O4/c1-14-6-7-17(11-21(14)27)29-22(31)13-34-23-19(25)8-15(9-20(23)26)12-28-30-24(32)16-4-3-5-18(10-16)33-2/h3-12H,13H2,1-2H3,(H,29,31)(H,30,32)/b28-12+. The predicted molar refractivity (Wildman–Crippen MR) is 140 cm³/mol. The van der Waals surface area contributed by atoms with Gasteiger partial charge in [-0.05, 0) is 92.4 Å². The number of carbonyl (C=O) groups is 2. The number of nitrogens with zero attached hydrogens (tertiary/aromatic N) is 1. The molecule has 0 radical (unpaired) electrons. The van der Waals surface area contributed by atoms with Crippen molar-refractivity contribution >= 4 is 67.2 Å². The molecule has 0 bridgehead atoms. The van der Waals surface area contributed by atoms with Crippen LogP contribution in [0.5, 0.6) is 11.5 Å². The zero-order valence-corrected chi connectivity index (χ0v) is 22.1. The molecule has 0 fully saturated rings. The van der Waals surface area contributed by atoms with E-state index in [-0.39, 0.29) is 18.4 Å². The fourth-order valence-electron chi connectivity index (χ4n) is 2.79. The van der Waals surface area contributed by atoms with Crippen molar-refractivity contribution in [2.24, 2.45) is 5.10 Å². The highest BCUT2D eigenvalue weighted by atomic mass is 79.9. The van der Waals surface area contributed by atoms with Gasteiger partial charge in [0, 0.05) is 16.3 Å². The van der Waals surface area contributed by atoms with Gasteiger partial charge in [0.05, 0.1) is 22.3 Å². The molecule has 2 amide bonds. The average molecular weight is 610 g/mol. The molecule has 0 aliphatic carbocycles. The van der Waals surface area contributed by atoms with Crippen molar-refractivity contribution in [3.05, 3.63) is 85.3 Å². The molecule has 0 aliphatic heterocycles. The SMILES string of the molecule is COc1cccc(C(=O)N/N=C/c2cc(Br)c(OCC(=O)Nc3ccc(C)c(Cl)c3)c(Br)c2)c1. The van der Waals surface area contributed by atoms with Gasteiger partial charge in [0.2, 0.25) is 0 Å². The number of rotatable bonds is 8. The number of hydrogen-bond donors (Lipinski definition) is 2. The molecule has 0 heterocycles. The van der Waals surface area contributed by atoms with Crippen LogP contribution in [0, 0.1) is 6.92 Å². The summed E-state index contributed by atoms with van der Waals surface area (Å²) in [5.41, 5.74) is 5.10. The van der Waals surface area contributed by atoms with Crippen molar-refractivity contribution in [2.45, 2.75) is 6.92 Å². The van der Waals surface area contributed by atoms with Crippen LogP contribution < -0.4 is 20.2 Å². The van der Waals surface area contributed by atoms with Gasteiger partial charge in [-0.2, -0.15) is 5.10 Å². The van der Waals surface area contributed by atoms with Gasteiger partial charge in [-0.1, -0.05) is 23.7 Å². The molecule has 3 aromatic carbocycles. The molecule has 0 unspecified atom stereocenters. The lowest BCUT2D eigenvalue weighted by Crippen LogP contribution is -2.20. The quantitative estimate of drug-likeness (QED) is 0.244. The van der Waals surface area contributed by atoms with Gasteiger partial charge in [0.1, 0.15) is 11.5 Å². The summed E-state index contributed by atoms with van der Waals surface area (Å²) < 4.78 is 12.0. The van der Waals surface area contributed by atoms with Crippen LogP contribution in [0.4, 0.5) is 5.69 Å². The molecule has 10 heteroatoms. The van der Waals surface area contributed by atoms with E-state index in [0.29, 0.717) is 42.3 Å². The van der Waals surface area contributed by atoms with Crippen LogP contribution in [0.1, 0.15) is 21.5 Å². The van der Waals surface area contributed by atoms with E-state index in [4.69, 9.17) is 21.1 Å². The van der Waals surface area contributed by atoms with Crippen LogP contribution in [0.15, 0.2) is 68.6 Å². The Morgan fingerprint density at radius 2 is 1.82 bits per heavy atom. The smallest absolute Gasteiger partial charge is 0.271 e. The van der Waals surface area contributed by atoms with Gasteiger partial charge in [-0.3, -0.25) is 9.59 Å². The second-order valence-electron chi connectivity index (χ2n) is 7.05. The summed E-state index contributed by atoms with van der Waals surface area (Å²) in [4.78, 5) is 24.5. The van der Waals surface area contributed by atoms with Gasteiger partial charge < -0.3 is 14.8 Å². The number of carbonyl (C=O) groups excluding carboxylic acids is 2. The highest BCUT2D eigenvalue weighted by molar-refractivity contribution is 9.11. The number of benzene rings is 3. The summed E-state index contributed by atoms with van der Waals surface area (Å²) in [5, 5.41) is 7.31. The second kappa shape index (κ2) is 12.0. The molecule has 34 heavy (non-hydrogen) atoms. The van der Waals surface area contributed by atoms with Gasteiger partial charge >= 0.3 is 0 Å². The lowest BCUT2D eigenvalue weighted by atomic mass is 10.2. The second-order valence-corrected chi connectivity index (χ2v) is 9.16. The number of hydrogen-bond acceptors (Lipinski definition) is 5. The highest BCUT2D eigenvalue weighted by Gasteiger charge is 2.12. The Labute approximate surface area is 218 Å². The maximum atomic E-state index is 12.3. The van der Waals surface area contributed by atoms with Gasteiger partial charge in [0.25, 0.3) is 11.8 Å². The van der Waals surface area contributed by atoms with E-state index in [1.54, 1.807) is 48.5 Å². The number of anilines is 1. The minimum Gasteiger partial charge on any atom is -0.497 e. The number of halogens is 3. The third kappa shape index (κ3) is 7.06. The molecule has 0 saturated carbocycles. The summed E-state index contributed by atoms with van der Waals surface area (Å²) in [6.07, 6.45) is 1.49. The molecule has 3 aromatic rings. The average Bonchev–Trinajstić information content (AvgIpc) is 2.81. The van der Waals surface area contributed by atoms with E-state index in [1.165, 1.54) is 13.3 Å². The maximum Gasteiger partial charge on any atom is 0.271 e. The first-order valence-corrected chi connectivity index (χ1v) is 11.9. The summed E-state index contributed by atoms with van der Waals surface area (Å²) in [6, 6.07) is 15.5. The minimum atomic E-state index is -0.367. The molecular weight excluding hydrogens is 590 g/mol. The summed E-state index contributed by atoms with van der Waals surface area (Å²) in [6.45, 7) is 1.68. The first kappa shape index (κ1) is 25.7. The Morgan fingerprint density at radius 3 is 2.50 bits per heavy atom. The topological polar surface area (TPSA) is 89.0 Å². The Morgan fingerprint density at radius 1 is 1.09 bits per heavy atom. The first-order valence-electron chi connectivity index (χ1n) is 9.92. The van der Waals surface area contributed by atoms with Crippen LogP contribution in [0.2, 0.25) is 5.02 Å². The predicted octanol–water partition coefficient (Wildman–Crippen LogP) is 5.96. The van der Waals surface area contributed by atoms with Crippen LogP contribution in [-0.4, -0.2) is 31.7 Å². The van der Waals surface area contributed by atoms with Crippen LogP contribution in [0.3, 0.4) is 0 Å². The van der Waals surface area contributed by atoms with Crippen molar-refractivity contribution in [3.63, 3.8) is 0 Å². The van der Waals surface area contributed by atoms with E-state index in [2.05, 4.69) is 47.7 Å². The zero-order chi connectivity index (χ0) is 24.7. The Balaban J connectivity index is 1.58. The number of nitrogens with one attached hydrogen (secondary N) is 2. The molecular formula is C24H20Br2ClN3O4. The van der Waals surface area contributed by atoms with E-state index in [1.807, 2.05) is 13.0 Å². The van der Waals surface area contributed by atoms with Crippen molar-refractivity contribution in [1.82, 2.24) is 5.43 Å². The third-order valence-corrected chi connectivity index (χ3v) is 6.12. The Bertz CT molecular complexity index is 1230. The van der Waals surface area contributed by atoms with Gasteiger partial charge in [0.15, 0.2) is 6.61 Å². The number of hydrazone groups is 1. The van der Waals surface area contributed by atoms with Gasteiger partial charge in [-0.25, -0.2) is 5.43 Å². The van der Waals surface area contributed by atoms with Crippen molar-refractivity contribution in [3.8, 4) is 11.5 Å². The van der Waals surface area contributed by atoms with Crippen molar-refractivity contribution in [1.29, 1.82) is 0 Å². The van der Waals surface area contributed by atoms with Crippen LogP contribution in [-0.2, 0) is 4.79 Å². The normalized spacial score (nSPS) is 10.7. The third-order valence-electron chi connectivity index (χ3n) is 4.54. The Kier molecular flexibility index (Phi) is 9.09. The van der Waals surface area contributed by atoms with Crippen molar-refractivity contribution in [2.75, 3.05) is 19.0 Å². The molecule has 0 aliphatic rings. The molecule has 0 aromatic heterocycles. The highest BCUT2D eigenvalue weighted by Crippen LogP contribution is 2.34. The molecule has 0 spiro atoms. The number of ether oxygens (including phenoxy) is 2. The van der Waals surface area contributed by atoms with E-state index in [0.717, 1.165) is 5.56 Å². The molecule has 0 atom stereocenters. The molecule has 0 saturated heterocycles. The van der Waals surface area contributed by atoms with E-state index < -0.39 is 0 Å². The minimum absolute atomic E-state index is 0.202. The monoisotopic (exact) mass is 607 g/mol. The molecule has 3 rings (SSSR count). The number of amides is 2. The Hall–Kier alpha value is -2.88. The summed E-state index contributed by atoms with van der Waals surface area (Å²) in [7, 11) is 1.53. The van der Waals surface area contributed by atoms with Gasteiger partial charge in [-0.15, -0.1) is 0 Å². The fourth-order valence-corrected chi connectivity index (χ4v) is 4.42. The largest absolute Gasteiger partial charge is 0.497 e. The summed E-state index contributed by atoms with van der Waals surface area (Å²) in [5.74, 6) is 0.338. The molecule has 176 valence electrons. The van der Waals surface area contributed by atoms with E-state index in [9.17, 15) is 9.59 Å². The lowest BCUT2D eigenvalue weighted by Gasteiger charge is -2.12. The zero-order valence-electron chi connectivity index (χ0n) is 18.2. The van der Waals surface area contributed by atoms with Crippen LogP contribution in [0.25, 0.3) is 0 Å². The molecule has 7 nitrogen and oxygen atoms in total. The lowest BCUT2D eigenvalue weighted by molar-refractivity contribution is -0.118. The maximum absolute atomic E-state index is 12.3. The number of methoxy groups -OCH3 is 1. The van der Waals surface area contributed by atoms with E-state index >= 15 is 0 Å². The number of aryl methyl sites for hydroxylation is 1. The fraction of sp³-hybridized carbons (Fsp3) is 0.125. The van der Waals surface area contributed by atoms with Crippen molar-refractivity contribution < 1.29 is 19.1 Å². The molecule has 2 N–H and O–H groups in total. The summed E-state index contributed by atoms with van der Waals surface area (Å²) >= 11 is 13.0.